The molecule has 5 nitrogen and oxygen atoms in total. The van der Waals surface area contributed by atoms with Crippen LogP contribution in [0, 0.1) is 0 Å². The topological polar surface area (TPSA) is 59.5 Å². The molecule has 0 aliphatic carbocycles. The Morgan fingerprint density at radius 1 is 1.14 bits per heavy atom. The van der Waals surface area contributed by atoms with Crippen molar-refractivity contribution in [3.63, 3.8) is 0 Å². The van der Waals surface area contributed by atoms with E-state index in [0.717, 1.165) is 17.7 Å². The Kier molecular flexibility index (Phi) is 6.90. The van der Waals surface area contributed by atoms with Gasteiger partial charge in [0.2, 0.25) is 5.91 Å². The molecule has 0 radical (unpaired) electrons. The van der Waals surface area contributed by atoms with Crippen molar-refractivity contribution in [3.8, 4) is 0 Å². The zero-order valence-electron chi connectivity index (χ0n) is 15.8. The van der Waals surface area contributed by atoms with Crippen molar-refractivity contribution in [2.45, 2.75) is 26.9 Å². The number of para-hydroxylation sites is 1. The number of hydrogen-bond acceptors (Lipinski definition) is 5. The van der Waals surface area contributed by atoms with Crippen LogP contribution in [0.3, 0.4) is 0 Å². The Balaban J connectivity index is 1.77. The molecule has 0 unspecified atom stereocenters. The van der Waals surface area contributed by atoms with Gasteiger partial charge in [0, 0.05) is 22.3 Å². The molecule has 0 fully saturated rings. The van der Waals surface area contributed by atoms with Crippen LogP contribution in [0.2, 0.25) is 10.0 Å². The molecule has 1 aromatic heterocycles. The molecule has 0 spiro atoms. The van der Waals surface area contributed by atoms with Crippen molar-refractivity contribution in [1.82, 2.24) is 4.98 Å². The molecule has 0 bridgehead atoms. The highest BCUT2D eigenvalue weighted by Crippen LogP contribution is 2.32. The lowest BCUT2D eigenvalue weighted by Crippen LogP contribution is -2.23. The van der Waals surface area contributed by atoms with Crippen LogP contribution in [-0.2, 0) is 22.6 Å². The summed E-state index contributed by atoms with van der Waals surface area (Å²) < 4.78 is 5.31. The summed E-state index contributed by atoms with van der Waals surface area (Å²) in [5, 5.41) is 2.99. The summed E-state index contributed by atoms with van der Waals surface area (Å²) in [6.07, 6.45) is 0.790. The van der Waals surface area contributed by atoms with Gasteiger partial charge in [-0.15, -0.1) is 11.3 Å². The first-order chi connectivity index (χ1) is 13.9. The number of halogens is 2. The molecule has 150 valence electrons. The number of esters is 1. The Labute approximate surface area is 182 Å². The van der Waals surface area contributed by atoms with E-state index in [2.05, 4.69) is 4.98 Å². The summed E-state index contributed by atoms with van der Waals surface area (Å²) >= 11 is 13.2. The number of rotatable bonds is 6. The average Bonchev–Trinajstić information content (AvgIpc) is 3.14. The van der Waals surface area contributed by atoms with Crippen LogP contribution in [0.25, 0.3) is 0 Å². The van der Waals surface area contributed by atoms with E-state index < -0.39 is 5.97 Å². The number of anilines is 2. The van der Waals surface area contributed by atoms with Gasteiger partial charge in [0.05, 0.1) is 16.9 Å². The predicted octanol–water partition coefficient (Wildman–Crippen LogP) is 6.05. The molecule has 0 saturated carbocycles. The molecule has 0 atom stereocenters. The maximum atomic E-state index is 12.3. The van der Waals surface area contributed by atoms with Crippen molar-refractivity contribution in [2.24, 2.45) is 0 Å². The molecular formula is C21H18Cl2N2O3S. The number of hydrogen-bond donors (Lipinski definition) is 0. The predicted molar refractivity (Wildman–Crippen MR) is 116 cm³/mol. The van der Waals surface area contributed by atoms with Crippen LogP contribution in [0.4, 0.5) is 10.8 Å². The van der Waals surface area contributed by atoms with Crippen molar-refractivity contribution < 1.29 is 14.3 Å². The van der Waals surface area contributed by atoms with Gasteiger partial charge >= 0.3 is 5.97 Å². The van der Waals surface area contributed by atoms with Crippen LogP contribution < -0.4 is 4.90 Å². The number of aryl methyl sites for hydroxylation is 1. The molecule has 29 heavy (non-hydrogen) atoms. The number of aromatic nitrogens is 1. The van der Waals surface area contributed by atoms with E-state index in [0.29, 0.717) is 20.9 Å². The highest BCUT2D eigenvalue weighted by Gasteiger charge is 2.20. The van der Waals surface area contributed by atoms with Crippen LogP contribution >= 0.6 is 34.5 Å². The maximum Gasteiger partial charge on any atom is 0.338 e. The summed E-state index contributed by atoms with van der Waals surface area (Å²) in [5.74, 6) is -0.693. The number of benzene rings is 2. The maximum absolute atomic E-state index is 12.3. The fourth-order valence-corrected chi connectivity index (χ4v) is 4.19. The van der Waals surface area contributed by atoms with Gasteiger partial charge in [-0.05, 0) is 36.2 Å². The molecule has 1 heterocycles. The Hall–Kier alpha value is -2.41. The van der Waals surface area contributed by atoms with Gasteiger partial charge in [-0.3, -0.25) is 9.69 Å². The number of carbonyl (C=O) groups excluding carboxylic acids is 2. The lowest BCUT2D eigenvalue weighted by atomic mass is 10.1. The molecule has 1 amide bonds. The van der Waals surface area contributed by atoms with Gasteiger partial charge in [0.1, 0.15) is 6.61 Å². The van der Waals surface area contributed by atoms with Gasteiger partial charge in [-0.1, -0.05) is 48.3 Å². The highest BCUT2D eigenvalue weighted by atomic mass is 35.5. The van der Waals surface area contributed by atoms with Gasteiger partial charge in [0.25, 0.3) is 0 Å². The van der Waals surface area contributed by atoms with Crippen molar-refractivity contribution >= 4 is 57.2 Å². The Bertz CT molecular complexity index is 1030. The minimum Gasteiger partial charge on any atom is -0.456 e. The Morgan fingerprint density at radius 2 is 1.83 bits per heavy atom. The summed E-state index contributed by atoms with van der Waals surface area (Å²) in [6, 6.07) is 12.2. The third kappa shape index (κ3) is 5.15. The Morgan fingerprint density at radius 3 is 2.48 bits per heavy atom. The van der Waals surface area contributed by atoms with Crippen LogP contribution in [-0.4, -0.2) is 16.9 Å². The van der Waals surface area contributed by atoms with Gasteiger partial charge in [0.15, 0.2) is 5.13 Å². The largest absolute Gasteiger partial charge is 0.456 e. The van der Waals surface area contributed by atoms with E-state index in [1.54, 1.807) is 10.3 Å². The van der Waals surface area contributed by atoms with Crippen LogP contribution in [0.5, 0.6) is 0 Å². The number of ether oxygens (including phenoxy) is 1. The summed E-state index contributed by atoms with van der Waals surface area (Å²) in [7, 11) is 0. The lowest BCUT2D eigenvalue weighted by molar-refractivity contribution is -0.115. The molecule has 8 heteroatoms. The van der Waals surface area contributed by atoms with Crippen molar-refractivity contribution in [2.75, 3.05) is 4.90 Å². The van der Waals surface area contributed by atoms with E-state index in [1.165, 1.54) is 36.5 Å². The zero-order chi connectivity index (χ0) is 21.0. The molecule has 3 rings (SSSR count). The quantitative estimate of drug-likeness (QED) is 0.430. The number of nitrogens with zero attached hydrogens (tertiary/aromatic N) is 2. The van der Waals surface area contributed by atoms with E-state index in [1.807, 2.05) is 31.2 Å². The first kappa shape index (κ1) is 21.3. The highest BCUT2D eigenvalue weighted by molar-refractivity contribution is 7.14. The molecular weight excluding hydrogens is 431 g/mol. The SMILES string of the molecule is CCc1ccccc1N(C(C)=O)c1nc(COC(=O)c2cc(Cl)cc(Cl)c2)cs1. The van der Waals surface area contributed by atoms with Gasteiger partial charge in [-0.25, -0.2) is 9.78 Å². The average molecular weight is 449 g/mol. The molecule has 0 aliphatic heterocycles. The van der Waals surface area contributed by atoms with Crippen LogP contribution in [0.1, 0.15) is 35.5 Å². The number of amides is 1. The second-order valence-electron chi connectivity index (χ2n) is 6.19. The molecule has 2 aromatic carbocycles. The van der Waals surface area contributed by atoms with Gasteiger partial charge in [-0.2, -0.15) is 0 Å². The molecule has 0 saturated heterocycles. The molecule has 0 aliphatic rings. The third-order valence-corrected chi connectivity index (χ3v) is 5.42. The minimum absolute atomic E-state index is 0.0271. The van der Waals surface area contributed by atoms with Gasteiger partial charge < -0.3 is 4.74 Å². The lowest BCUT2D eigenvalue weighted by Gasteiger charge is -2.20. The normalized spacial score (nSPS) is 10.6. The van der Waals surface area contributed by atoms with Crippen molar-refractivity contribution in [3.05, 3.63) is 74.7 Å². The zero-order valence-corrected chi connectivity index (χ0v) is 18.1. The fourth-order valence-electron chi connectivity index (χ4n) is 2.80. The van der Waals surface area contributed by atoms with Crippen molar-refractivity contribution in [1.29, 1.82) is 0 Å². The second-order valence-corrected chi connectivity index (χ2v) is 7.90. The van der Waals surface area contributed by atoms with E-state index in [4.69, 9.17) is 27.9 Å². The third-order valence-electron chi connectivity index (χ3n) is 4.11. The monoisotopic (exact) mass is 448 g/mol. The van der Waals surface area contributed by atoms with E-state index in [9.17, 15) is 9.59 Å². The first-order valence-corrected chi connectivity index (χ1v) is 10.5. The van der Waals surface area contributed by atoms with E-state index in [-0.39, 0.29) is 18.1 Å². The summed E-state index contributed by atoms with van der Waals surface area (Å²) in [4.78, 5) is 30.6. The summed E-state index contributed by atoms with van der Waals surface area (Å²) in [6.45, 7) is 3.50. The smallest absolute Gasteiger partial charge is 0.338 e. The van der Waals surface area contributed by atoms with E-state index >= 15 is 0 Å². The molecule has 3 aromatic rings. The molecule has 0 N–H and O–H groups in total. The first-order valence-electron chi connectivity index (χ1n) is 8.85. The van der Waals surface area contributed by atoms with Crippen LogP contribution in [0.15, 0.2) is 47.8 Å². The number of carbonyl (C=O) groups is 2. The minimum atomic E-state index is -0.552. The number of thiazole rings is 1. The standard InChI is InChI=1S/C21H18Cl2N2O3S/c1-3-14-6-4-5-7-19(14)25(13(2)26)21-24-18(12-29-21)11-28-20(27)15-8-16(22)10-17(23)9-15/h4-10,12H,3,11H2,1-2H3. The summed E-state index contributed by atoms with van der Waals surface area (Å²) in [5.41, 5.74) is 2.66. The fraction of sp³-hybridized carbons (Fsp3) is 0.190. The second kappa shape index (κ2) is 9.39.